The van der Waals surface area contributed by atoms with Crippen LogP contribution in [0.5, 0.6) is 5.88 Å². The van der Waals surface area contributed by atoms with Crippen LogP contribution in [-0.2, 0) is 6.54 Å². The van der Waals surface area contributed by atoms with Crippen molar-refractivity contribution in [2.24, 2.45) is 0 Å². The summed E-state index contributed by atoms with van der Waals surface area (Å²) in [6.07, 6.45) is -0.387. The Kier molecular flexibility index (Phi) is 3.52. The van der Waals surface area contributed by atoms with Gasteiger partial charge in [0.1, 0.15) is 0 Å². The minimum absolute atomic E-state index is 0.387. The third-order valence-corrected chi connectivity index (χ3v) is 2.18. The van der Waals surface area contributed by atoms with Crippen LogP contribution in [0, 0.1) is 13.8 Å². The van der Waals surface area contributed by atoms with Crippen molar-refractivity contribution in [2.75, 3.05) is 6.61 Å². The Hall–Kier alpha value is -1.03. The molecule has 0 amide bonds. The molecule has 1 rings (SSSR count). The molecule has 1 N–H and O–H groups in total. The van der Waals surface area contributed by atoms with E-state index < -0.39 is 0 Å². The molecule has 1 aromatic heterocycles. The lowest BCUT2D eigenvalue weighted by atomic mass is 10.3. The highest BCUT2D eigenvalue weighted by Gasteiger charge is 2.12. The van der Waals surface area contributed by atoms with E-state index in [-0.39, 0.29) is 6.10 Å². The van der Waals surface area contributed by atoms with E-state index in [9.17, 15) is 5.11 Å². The number of nitrogens with zero attached hydrogens (tertiary/aromatic N) is 2. The van der Waals surface area contributed by atoms with Crippen LogP contribution in [-0.4, -0.2) is 27.6 Å². The second-order valence-electron chi connectivity index (χ2n) is 3.48. The zero-order chi connectivity index (χ0) is 10.7. The van der Waals surface area contributed by atoms with Gasteiger partial charge in [0.05, 0.1) is 19.3 Å². The monoisotopic (exact) mass is 198 g/mol. The van der Waals surface area contributed by atoms with Crippen molar-refractivity contribution in [1.29, 1.82) is 0 Å². The minimum atomic E-state index is -0.387. The highest BCUT2D eigenvalue weighted by atomic mass is 16.5. The molecule has 0 spiro atoms. The van der Waals surface area contributed by atoms with Gasteiger partial charge in [-0.2, -0.15) is 0 Å². The highest BCUT2D eigenvalue weighted by molar-refractivity contribution is 5.28. The summed E-state index contributed by atoms with van der Waals surface area (Å²) < 4.78 is 7.15. The van der Waals surface area contributed by atoms with Crippen LogP contribution in [0.15, 0.2) is 0 Å². The Bertz CT molecular complexity index is 305. The third-order valence-electron chi connectivity index (χ3n) is 2.18. The van der Waals surface area contributed by atoms with Crippen molar-refractivity contribution in [3.63, 3.8) is 0 Å². The first-order chi connectivity index (χ1) is 6.56. The number of aliphatic hydroxyl groups is 1. The molecule has 4 nitrogen and oxygen atoms in total. The maximum atomic E-state index is 9.26. The lowest BCUT2D eigenvalue weighted by Gasteiger charge is -2.05. The third kappa shape index (κ3) is 2.26. The summed E-state index contributed by atoms with van der Waals surface area (Å²) in [5.41, 5.74) is 2.10. The average molecular weight is 198 g/mol. The van der Waals surface area contributed by atoms with Crippen molar-refractivity contribution >= 4 is 0 Å². The van der Waals surface area contributed by atoms with Crippen molar-refractivity contribution in [3.05, 3.63) is 11.3 Å². The first-order valence-electron chi connectivity index (χ1n) is 4.91. The van der Waals surface area contributed by atoms with Crippen LogP contribution in [0.25, 0.3) is 0 Å². The predicted molar refractivity (Wildman–Crippen MR) is 54.6 cm³/mol. The van der Waals surface area contributed by atoms with E-state index in [0.717, 1.165) is 11.3 Å². The van der Waals surface area contributed by atoms with Crippen LogP contribution in [0.3, 0.4) is 0 Å². The van der Waals surface area contributed by atoms with E-state index in [0.29, 0.717) is 19.0 Å². The van der Waals surface area contributed by atoms with Gasteiger partial charge in [-0.05, 0) is 27.7 Å². The van der Waals surface area contributed by atoms with Crippen LogP contribution in [0.4, 0.5) is 0 Å². The number of aromatic nitrogens is 2. The van der Waals surface area contributed by atoms with Crippen LogP contribution < -0.4 is 4.74 Å². The van der Waals surface area contributed by atoms with Crippen LogP contribution in [0.2, 0.25) is 0 Å². The van der Waals surface area contributed by atoms with E-state index in [2.05, 4.69) is 5.10 Å². The molecule has 0 aromatic carbocycles. The molecule has 4 heteroatoms. The first kappa shape index (κ1) is 11.0. The normalized spacial score (nSPS) is 12.9. The van der Waals surface area contributed by atoms with Crippen LogP contribution >= 0.6 is 0 Å². The molecule has 80 valence electrons. The zero-order valence-electron chi connectivity index (χ0n) is 9.24. The van der Waals surface area contributed by atoms with Crippen molar-refractivity contribution < 1.29 is 9.84 Å². The molecule has 1 heterocycles. The summed E-state index contributed by atoms with van der Waals surface area (Å²) in [5.74, 6) is 0.672. The summed E-state index contributed by atoms with van der Waals surface area (Å²) in [4.78, 5) is 0. The maximum Gasteiger partial charge on any atom is 0.235 e. The van der Waals surface area contributed by atoms with Gasteiger partial charge in [-0.25, -0.2) is 0 Å². The molecule has 14 heavy (non-hydrogen) atoms. The largest absolute Gasteiger partial charge is 0.477 e. The van der Waals surface area contributed by atoms with Crippen molar-refractivity contribution in [2.45, 2.75) is 40.3 Å². The number of aliphatic hydroxyl groups excluding tert-OH is 1. The minimum Gasteiger partial charge on any atom is -0.477 e. The zero-order valence-corrected chi connectivity index (χ0v) is 9.24. The van der Waals surface area contributed by atoms with Gasteiger partial charge in [0, 0.05) is 11.3 Å². The molecular weight excluding hydrogens is 180 g/mol. The Morgan fingerprint density at radius 1 is 1.50 bits per heavy atom. The Morgan fingerprint density at radius 2 is 2.14 bits per heavy atom. The van der Waals surface area contributed by atoms with E-state index >= 15 is 0 Å². The number of rotatable bonds is 4. The summed E-state index contributed by atoms with van der Waals surface area (Å²) in [7, 11) is 0. The molecule has 0 radical (unpaired) electrons. The number of hydrogen-bond donors (Lipinski definition) is 1. The number of hydrogen-bond acceptors (Lipinski definition) is 3. The lowest BCUT2D eigenvalue weighted by molar-refractivity contribution is 0.166. The molecule has 0 aliphatic rings. The second-order valence-corrected chi connectivity index (χ2v) is 3.48. The van der Waals surface area contributed by atoms with E-state index in [1.165, 1.54) is 0 Å². The average Bonchev–Trinajstić information content (AvgIpc) is 2.34. The van der Waals surface area contributed by atoms with Crippen LogP contribution in [0.1, 0.15) is 25.1 Å². The van der Waals surface area contributed by atoms with Gasteiger partial charge in [-0.1, -0.05) is 0 Å². The second kappa shape index (κ2) is 4.46. The van der Waals surface area contributed by atoms with Gasteiger partial charge in [0.2, 0.25) is 5.88 Å². The molecule has 0 saturated carbocycles. The fourth-order valence-corrected chi connectivity index (χ4v) is 1.31. The van der Waals surface area contributed by atoms with E-state index in [1.807, 2.05) is 20.8 Å². The Morgan fingerprint density at radius 3 is 2.64 bits per heavy atom. The van der Waals surface area contributed by atoms with Gasteiger partial charge >= 0.3 is 0 Å². The summed E-state index contributed by atoms with van der Waals surface area (Å²) in [6.45, 7) is 8.77. The Labute approximate surface area is 84.5 Å². The Balaban J connectivity index is 2.90. The summed E-state index contributed by atoms with van der Waals surface area (Å²) >= 11 is 0. The van der Waals surface area contributed by atoms with Gasteiger partial charge in [0.25, 0.3) is 0 Å². The topological polar surface area (TPSA) is 47.3 Å². The van der Waals surface area contributed by atoms with Crippen molar-refractivity contribution in [1.82, 2.24) is 9.78 Å². The standard InChI is InChI=1S/C10H18N2O2/c1-5-14-10-8(3)9(4)12(11-10)6-7(2)13/h7,13H,5-6H2,1-4H3/t7-/m0/s1. The molecule has 1 atom stereocenters. The molecule has 0 aliphatic heterocycles. The van der Waals surface area contributed by atoms with E-state index in [4.69, 9.17) is 4.74 Å². The molecule has 0 saturated heterocycles. The fourth-order valence-electron chi connectivity index (χ4n) is 1.31. The first-order valence-corrected chi connectivity index (χ1v) is 4.91. The molecule has 0 bridgehead atoms. The van der Waals surface area contributed by atoms with Gasteiger partial charge in [-0.15, -0.1) is 5.10 Å². The highest BCUT2D eigenvalue weighted by Crippen LogP contribution is 2.19. The summed E-state index contributed by atoms with van der Waals surface area (Å²) in [6, 6.07) is 0. The molecule has 0 aliphatic carbocycles. The molecule has 0 fully saturated rings. The lowest BCUT2D eigenvalue weighted by Crippen LogP contribution is -2.14. The van der Waals surface area contributed by atoms with E-state index in [1.54, 1.807) is 11.6 Å². The van der Waals surface area contributed by atoms with Gasteiger partial charge in [0.15, 0.2) is 0 Å². The molecule has 0 unspecified atom stereocenters. The maximum absolute atomic E-state index is 9.26. The summed E-state index contributed by atoms with van der Waals surface area (Å²) in [5, 5.41) is 13.5. The smallest absolute Gasteiger partial charge is 0.235 e. The fraction of sp³-hybridized carbons (Fsp3) is 0.700. The van der Waals surface area contributed by atoms with Gasteiger partial charge < -0.3 is 9.84 Å². The SMILES string of the molecule is CCOc1nn(C[C@H](C)O)c(C)c1C. The van der Waals surface area contributed by atoms with Crippen molar-refractivity contribution in [3.8, 4) is 5.88 Å². The molecule has 1 aromatic rings. The molecular formula is C10H18N2O2. The number of ether oxygens (including phenoxy) is 1. The van der Waals surface area contributed by atoms with Gasteiger partial charge in [-0.3, -0.25) is 4.68 Å². The quantitative estimate of drug-likeness (QED) is 0.792. The predicted octanol–water partition coefficient (Wildman–Crippen LogP) is 1.28.